The summed E-state index contributed by atoms with van der Waals surface area (Å²) < 4.78 is 50.5. The second-order valence-electron chi connectivity index (χ2n) is 8.34. The van der Waals surface area contributed by atoms with Crippen molar-refractivity contribution in [1.29, 1.82) is 0 Å². The number of ether oxygens (including phenoxy) is 2. The molecule has 198 valence electrons. The molecule has 0 fully saturated rings. The van der Waals surface area contributed by atoms with Crippen molar-refractivity contribution in [2.24, 2.45) is 5.18 Å². The van der Waals surface area contributed by atoms with Crippen LogP contribution in [0, 0.1) is 4.91 Å². The normalized spacial score (nSPS) is 14.1. The van der Waals surface area contributed by atoms with Crippen LogP contribution in [0.3, 0.4) is 0 Å². The fourth-order valence-electron chi connectivity index (χ4n) is 3.79. The summed E-state index contributed by atoms with van der Waals surface area (Å²) in [5.41, 5.74) is -0.158. The quantitative estimate of drug-likeness (QED) is 0.214. The van der Waals surface area contributed by atoms with Gasteiger partial charge in [0, 0.05) is 17.8 Å². The molecule has 4 rings (SSSR count). The molecule has 0 bridgehead atoms. The van der Waals surface area contributed by atoms with E-state index in [9.17, 15) is 27.7 Å². The first-order valence-electron chi connectivity index (χ1n) is 11.6. The molecule has 9 nitrogen and oxygen atoms in total. The summed E-state index contributed by atoms with van der Waals surface area (Å²) in [6.45, 7) is 0.365. The van der Waals surface area contributed by atoms with Crippen molar-refractivity contribution in [3.63, 3.8) is 0 Å². The van der Waals surface area contributed by atoms with Gasteiger partial charge in [-0.15, -0.1) is 4.91 Å². The van der Waals surface area contributed by atoms with Gasteiger partial charge < -0.3 is 25.4 Å². The minimum Gasteiger partial charge on any atom is -0.492 e. The highest BCUT2D eigenvalue weighted by atomic mass is 19.4. The minimum absolute atomic E-state index is 0.0783. The zero-order valence-corrected chi connectivity index (χ0v) is 19.9. The van der Waals surface area contributed by atoms with Gasteiger partial charge in [0.2, 0.25) is 0 Å². The number of carbonyl (C=O) groups is 2. The molecule has 2 amide bonds. The number of rotatable bonds is 9. The molecule has 3 aromatic rings. The van der Waals surface area contributed by atoms with Crippen LogP contribution < -0.4 is 25.4 Å². The second-order valence-corrected chi connectivity index (χ2v) is 8.34. The lowest BCUT2D eigenvalue weighted by Crippen LogP contribution is -2.44. The van der Waals surface area contributed by atoms with Crippen LogP contribution in [-0.4, -0.2) is 37.6 Å². The monoisotopic (exact) mass is 528 g/mol. The smallest absolute Gasteiger partial charge is 0.418 e. The van der Waals surface area contributed by atoms with Crippen LogP contribution in [0.2, 0.25) is 0 Å². The zero-order valence-electron chi connectivity index (χ0n) is 19.9. The molecular weight excluding hydrogens is 505 g/mol. The molecule has 0 spiro atoms. The summed E-state index contributed by atoms with van der Waals surface area (Å²) in [7, 11) is 0. The second kappa shape index (κ2) is 11.6. The Balaban J connectivity index is 1.17. The van der Waals surface area contributed by atoms with Gasteiger partial charge in [0.15, 0.2) is 0 Å². The van der Waals surface area contributed by atoms with E-state index in [-0.39, 0.29) is 31.5 Å². The highest BCUT2D eigenvalue weighted by Crippen LogP contribution is 2.38. The number of amides is 2. The van der Waals surface area contributed by atoms with Gasteiger partial charge >= 0.3 is 18.0 Å². The molecule has 0 saturated carbocycles. The molecule has 3 N–H and O–H groups in total. The largest absolute Gasteiger partial charge is 0.492 e. The van der Waals surface area contributed by atoms with Crippen LogP contribution in [0.15, 0.2) is 71.9 Å². The van der Waals surface area contributed by atoms with Crippen molar-refractivity contribution >= 4 is 28.9 Å². The van der Waals surface area contributed by atoms with E-state index < -0.39 is 29.2 Å². The van der Waals surface area contributed by atoms with Gasteiger partial charge in [-0.2, -0.15) is 13.2 Å². The summed E-state index contributed by atoms with van der Waals surface area (Å²) in [5.74, 6) is -0.342. The van der Waals surface area contributed by atoms with Crippen LogP contribution in [0.25, 0.3) is 0 Å². The zero-order chi connectivity index (χ0) is 27.1. The third-order valence-corrected chi connectivity index (χ3v) is 5.61. The van der Waals surface area contributed by atoms with E-state index in [0.29, 0.717) is 17.9 Å². The summed E-state index contributed by atoms with van der Waals surface area (Å²) in [6.07, 6.45) is -4.30. The van der Waals surface area contributed by atoms with Crippen molar-refractivity contribution in [2.45, 2.75) is 18.7 Å². The number of halogens is 3. The van der Waals surface area contributed by atoms with E-state index in [1.54, 1.807) is 24.3 Å². The average Bonchev–Trinajstić information content (AvgIpc) is 3.33. The minimum atomic E-state index is -4.72. The first-order valence-corrected chi connectivity index (χ1v) is 11.6. The van der Waals surface area contributed by atoms with E-state index >= 15 is 0 Å². The Hall–Kier alpha value is -4.61. The molecule has 0 aromatic heterocycles. The predicted octanol–water partition coefficient (Wildman–Crippen LogP) is 4.46. The van der Waals surface area contributed by atoms with Crippen LogP contribution in [-0.2, 0) is 22.2 Å². The van der Waals surface area contributed by atoms with E-state index in [1.165, 1.54) is 6.07 Å². The number of hydrogen-bond acceptors (Lipinski definition) is 7. The Morgan fingerprint density at radius 2 is 1.68 bits per heavy atom. The SMILES string of the molecule is O=Nc1ccc(Nc2ccc(OCCNC(=O)C(=O)NCC3Cc4ccccc4O3)cc2)cc1C(F)(F)F. The third kappa shape index (κ3) is 6.78. The molecule has 3 aromatic carbocycles. The molecule has 1 atom stereocenters. The van der Waals surface area contributed by atoms with Crippen molar-refractivity contribution in [2.75, 3.05) is 25.0 Å². The van der Waals surface area contributed by atoms with Gasteiger partial charge in [-0.25, -0.2) is 0 Å². The highest BCUT2D eigenvalue weighted by molar-refractivity contribution is 6.35. The Kier molecular flexibility index (Phi) is 8.09. The molecule has 1 unspecified atom stereocenters. The molecule has 0 aliphatic carbocycles. The number of nitrogens with one attached hydrogen (secondary N) is 3. The lowest BCUT2D eigenvalue weighted by Gasteiger charge is -2.13. The van der Waals surface area contributed by atoms with Crippen molar-refractivity contribution in [3.8, 4) is 11.5 Å². The lowest BCUT2D eigenvalue weighted by molar-refractivity contribution is -0.139. The molecule has 1 aliphatic heterocycles. The fourth-order valence-corrected chi connectivity index (χ4v) is 3.79. The van der Waals surface area contributed by atoms with E-state index in [4.69, 9.17) is 9.47 Å². The summed E-state index contributed by atoms with van der Waals surface area (Å²) in [4.78, 5) is 34.7. The predicted molar refractivity (Wildman–Crippen MR) is 133 cm³/mol. The maximum atomic E-state index is 13.1. The molecule has 12 heteroatoms. The van der Waals surface area contributed by atoms with E-state index in [1.807, 2.05) is 24.3 Å². The Morgan fingerprint density at radius 3 is 2.39 bits per heavy atom. The number of nitrogens with zero attached hydrogens (tertiary/aromatic N) is 1. The standard InChI is InChI=1S/C26H23F3N4O5/c27-26(28,29)21-14-18(7-10-22(21)33-36)32-17-5-8-19(9-6-17)37-12-11-30-24(34)25(35)31-15-20-13-16-3-1-2-4-23(16)38-20/h1-10,14,20,32H,11-13,15H2,(H,30,34)(H,31,35). The molecule has 1 aliphatic rings. The number of fused-ring (bicyclic) bond motifs is 1. The Labute approximate surface area is 215 Å². The number of hydrogen-bond donors (Lipinski definition) is 3. The number of benzene rings is 3. The summed E-state index contributed by atoms with van der Waals surface area (Å²) in [5, 5.41) is 10.3. The van der Waals surface area contributed by atoms with Crippen LogP contribution >= 0.6 is 0 Å². The molecule has 0 radical (unpaired) electrons. The van der Waals surface area contributed by atoms with Crippen LogP contribution in [0.4, 0.5) is 30.2 Å². The Morgan fingerprint density at radius 1 is 0.974 bits per heavy atom. The number of anilines is 2. The summed E-state index contributed by atoms with van der Waals surface area (Å²) >= 11 is 0. The summed E-state index contributed by atoms with van der Waals surface area (Å²) in [6, 6.07) is 17.0. The van der Waals surface area contributed by atoms with Crippen LogP contribution in [0.1, 0.15) is 11.1 Å². The first kappa shape index (κ1) is 26.5. The molecule has 0 saturated heterocycles. The molecular formula is C26H23F3N4O5. The van der Waals surface area contributed by atoms with Gasteiger partial charge in [0.1, 0.15) is 29.9 Å². The first-order chi connectivity index (χ1) is 18.2. The average molecular weight is 528 g/mol. The van der Waals surface area contributed by atoms with Crippen LogP contribution in [0.5, 0.6) is 11.5 Å². The topological polar surface area (TPSA) is 118 Å². The number of nitroso groups, excluding NO2 is 1. The van der Waals surface area contributed by atoms with Crippen molar-refractivity contribution in [1.82, 2.24) is 10.6 Å². The maximum Gasteiger partial charge on any atom is 0.418 e. The van der Waals surface area contributed by atoms with Gasteiger partial charge in [0.05, 0.1) is 18.7 Å². The van der Waals surface area contributed by atoms with Crippen molar-refractivity contribution < 1.29 is 32.2 Å². The van der Waals surface area contributed by atoms with Gasteiger partial charge in [-0.3, -0.25) is 9.59 Å². The van der Waals surface area contributed by atoms with Gasteiger partial charge in [-0.1, -0.05) is 18.2 Å². The maximum absolute atomic E-state index is 13.1. The van der Waals surface area contributed by atoms with E-state index in [2.05, 4.69) is 21.1 Å². The number of alkyl halides is 3. The van der Waals surface area contributed by atoms with Crippen molar-refractivity contribution in [3.05, 3.63) is 82.8 Å². The number of carbonyl (C=O) groups excluding carboxylic acids is 2. The third-order valence-electron chi connectivity index (χ3n) is 5.61. The van der Waals surface area contributed by atoms with Gasteiger partial charge in [0.25, 0.3) is 0 Å². The Bertz CT molecular complexity index is 1290. The molecule has 38 heavy (non-hydrogen) atoms. The lowest BCUT2D eigenvalue weighted by atomic mass is 10.1. The van der Waals surface area contributed by atoms with Gasteiger partial charge in [-0.05, 0) is 59.3 Å². The van der Waals surface area contributed by atoms with E-state index in [0.717, 1.165) is 23.4 Å². The molecule has 1 heterocycles. The number of para-hydroxylation sites is 1. The highest BCUT2D eigenvalue weighted by Gasteiger charge is 2.34. The fraction of sp³-hybridized carbons (Fsp3) is 0.231.